The zero-order valence-corrected chi connectivity index (χ0v) is 23.6. The van der Waals surface area contributed by atoms with E-state index in [1.807, 2.05) is 84.9 Å². The number of hydrogen-bond donors (Lipinski definition) is 2. The zero-order valence-electron chi connectivity index (χ0n) is 23.6. The van der Waals surface area contributed by atoms with Gasteiger partial charge in [0.15, 0.2) is 0 Å². The molecule has 6 aromatic rings. The summed E-state index contributed by atoms with van der Waals surface area (Å²) < 4.78 is 5.70. The van der Waals surface area contributed by atoms with Gasteiger partial charge in [-0.2, -0.15) is 0 Å². The molecule has 2 N–H and O–H groups in total. The minimum Gasteiger partial charge on any atom is -0.506 e. The highest BCUT2D eigenvalue weighted by atomic mass is 16.5. The number of allylic oxidation sites excluding steroid dienone is 2. The molecule has 0 unspecified atom stereocenters. The molecular formula is C34H32N6O3. The smallest absolute Gasteiger partial charge is 0.143 e. The van der Waals surface area contributed by atoms with Crippen LogP contribution < -0.4 is 0 Å². The fourth-order valence-corrected chi connectivity index (χ4v) is 4.78. The van der Waals surface area contributed by atoms with E-state index in [-0.39, 0.29) is 11.5 Å². The summed E-state index contributed by atoms with van der Waals surface area (Å²) in [5.74, 6) is 0.295. The maximum absolute atomic E-state index is 10.4. The maximum atomic E-state index is 10.4. The Labute approximate surface area is 249 Å². The van der Waals surface area contributed by atoms with Gasteiger partial charge >= 0.3 is 0 Å². The van der Waals surface area contributed by atoms with E-state index in [1.54, 1.807) is 12.1 Å². The van der Waals surface area contributed by atoms with Gasteiger partial charge < -0.3 is 14.9 Å². The molecule has 216 valence electrons. The predicted molar refractivity (Wildman–Crippen MR) is 167 cm³/mol. The van der Waals surface area contributed by atoms with E-state index < -0.39 is 0 Å². The average molecular weight is 573 g/mol. The lowest BCUT2D eigenvalue weighted by molar-refractivity contribution is 0.193. The average Bonchev–Trinajstić information content (AvgIpc) is 3.66. The van der Waals surface area contributed by atoms with E-state index in [4.69, 9.17) is 4.74 Å². The zero-order chi connectivity index (χ0) is 29.4. The molecule has 0 saturated carbocycles. The number of aromatic hydroxyl groups is 2. The first-order valence-electron chi connectivity index (χ1n) is 14.3. The van der Waals surface area contributed by atoms with Crippen LogP contribution in [0.3, 0.4) is 0 Å². The van der Waals surface area contributed by atoms with Gasteiger partial charge in [0.1, 0.15) is 44.9 Å². The lowest BCUT2D eigenvalue weighted by Gasteiger charge is -2.06. The van der Waals surface area contributed by atoms with Crippen molar-refractivity contribution in [2.24, 2.45) is 0 Å². The number of hydrogen-bond acceptors (Lipinski definition) is 7. The molecular weight excluding hydrogens is 540 g/mol. The lowest BCUT2D eigenvalue weighted by Crippen LogP contribution is -2.00. The summed E-state index contributed by atoms with van der Waals surface area (Å²) in [6, 6.07) is 26.4. The summed E-state index contributed by atoms with van der Waals surface area (Å²) in [7, 11) is 0. The molecule has 2 aromatic heterocycles. The van der Waals surface area contributed by atoms with Crippen molar-refractivity contribution in [2.45, 2.75) is 25.7 Å². The molecule has 4 aromatic carbocycles. The normalized spacial score (nSPS) is 11.9. The van der Waals surface area contributed by atoms with Crippen LogP contribution in [-0.2, 0) is 17.6 Å². The van der Waals surface area contributed by atoms with Gasteiger partial charge in [0.2, 0.25) is 0 Å². The molecule has 0 radical (unpaired) electrons. The number of phenolic OH excluding ortho intramolecular Hbond substituents is 2. The SMILES string of the molecule is Oc1ccc(CCC=CCOCC=CCCc2ccc(O)c(-n3nc4ccccc4n3)c2)cc1-n1nc2ccccc2n1. The fourth-order valence-electron chi connectivity index (χ4n) is 4.78. The molecule has 43 heavy (non-hydrogen) atoms. The number of benzene rings is 4. The Kier molecular flexibility index (Phi) is 8.51. The van der Waals surface area contributed by atoms with Gasteiger partial charge in [-0.05, 0) is 85.3 Å². The predicted octanol–water partition coefficient (Wildman–Crippen LogP) is 6.26. The summed E-state index contributed by atoms with van der Waals surface area (Å²) in [5, 5.41) is 38.6. The van der Waals surface area contributed by atoms with Crippen LogP contribution in [-0.4, -0.2) is 53.4 Å². The van der Waals surface area contributed by atoms with E-state index in [2.05, 4.69) is 32.5 Å². The topological polar surface area (TPSA) is 111 Å². The Bertz CT molecular complexity index is 1700. The third-order valence-electron chi connectivity index (χ3n) is 7.04. The number of fused-ring (bicyclic) bond motifs is 2. The molecule has 0 aliphatic rings. The lowest BCUT2D eigenvalue weighted by atomic mass is 10.1. The van der Waals surface area contributed by atoms with E-state index in [9.17, 15) is 10.2 Å². The van der Waals surface area contributed by atoms with Gasteiger partial charge in [0, 0.05) is 0 Å². The highest BCUT2D eigenvalue weighted by Crippen LogP contribution is 2.25. The van der Waals surface area contributed by atoms with Crippen LogP contribution >= 0.6 is 0 Å². The van der Waals surface area contributed by atoms with Gasteiger partial charge in [-0.25, -0.2) is 0 Å². The first kappa shape index (κ1) is 27.9. The first-order valence-corrected chi connectivity index (χ1v) is 14.3. The largest absolute Gasteiger partial charge is 0.506 e. The van der Waals surface area contributed by atoms with E-state index >= 15 is 0 Å². The van der Waals surface area contributed by atoms with Gasteiger partial charge in [0.05, 0.1) is 13.2 Å². The van der Waals surface area contributed by atoms with Crippen LogP contribution in [0.25, 0.3) is 33.4 Å². The van der Waals surface area contributed by atoms with Crippen molar-refractivity contribution in [3.63, 3.8) is 0 Å². The van der Waals surface area contributed by atoms with Crippen LogP contribution in [0.2, 0.25) is 0 Å². The second-order valence-electron chi connectivity index (χ2n) is 10.2. The third kappa shape index (κ3) is 6.79. The van der Waals surface area contributed by atoms with Crippen LogP contribution in [0, 0.1) is 0 Å². The molecule has 0 fully saturated rings. The summed E-state index contributed by atoms with van der Waals surface area (Å²) in [6.07, 6.45) is 11.6. The van der Waals surface area contributed by atoms with E-state index in [0.29, 0.717) is 24.6 Å². The maximum Gasteiger partial charge on any atom is 0.143 e. The van der Waals surface area contributed by atoms with Crippen molar-refractivity contribution in [2.75, 3.05) is 13.2 Å². The summed E-state index contributed by atoms with van der Waals surface area (Å²) >= 11 is 0. The number of nitrogens with zero attached hydrogens (tertiary/aromatic N) is 6. The minimum absolute atomic E-state index is 0.147. The highest BCUT2D eigenvalue weighted by molar-refractivity contribution is 5.74. The molecule has 6 rings (SSSR count). The Hall–Kier alpha value is -5.28. The molecule has 0 saturated heterocycles. The Morgan fingerprint density at radius 1 is 0.535 bits per heavy atom. The summed E-state index contributed by atoms with van der Waals surface area (Å²) in [4.78, 5) is 2.98. The molecule has 0 spiro atoms. The molecule has 0 amide bonds. The minimum atomic E-state index is 0.147. The van der Waals surface area contributed by atoms with Crippen molar-refractivity contribution in [1.82, 2.24) is 30.0 Å². The summed E-state index contributed by atoms with van der Waals surface area (Å²) in [5.41, 5.74) is 6.48. The number of aromatic nitrogens is 6. The number of rotatable bonds is 12. The van der Waals surface area contributed by atoms with Crippen molar-refractivity contribution < 1.29 is 14.9 Å². The molecule has 2 heterocycles. The second-order valence-corrected chi connectivity index (χ2v) is 10.2. The second kappa shape index (κ2) is 13.1. The van der Waals surface area contributed by atoms with Crippen LogP contribution in [0.4, 0.5) is 0 Å². The molecule has 0 bridgehead atoms. The Morgan fingerprint density at radius 3 is 1.33 bits per heavy atom. The quantitative estimate of drug-likeness (QED) is 0.132. The number of ether oxygens (including phenoxy) is 1. The third-order valence-corrected chi connectivity index (χ3v) is 7.04. The highest BCUT2D eigenvalue weighted by Gasteiger charge is 2.11. The monoisotopic (exact) mass is 572 g/mol. The molecule has 0 atom stereocenters. The molecule has 9 heteroatoms. The van der Waals surface area contributed by atoms with E-state index in [0.717, 1.165) is 58.9 Å². The molecule has 0 aliphatic heterocycles. The first-order chi connectivity index (χ1) is 21.1. The standard InChI is InChI=1S/C34H32N6O3/c41-33-19-17-25(23-31(33)39-35-27-13-5-6-14-28(27)36-39)11-3-1-9-21-43-22-10-2-4-12-26-18-20-34(42)32(24-26)40-37-29-15-7-8-16-30(29)38-40/h1-2,5-10,13-20,23-24,41-42H,3-4,11-12,21-22H2. The number of phenols is 2. The molecule has 9 nitrogen and oxygen atoms in total. The van der Waals surface area contributed by atoms with Crippen LogP contribution in [0.5, 0.6) is 11.5 Å². The Balaban J connectivity index is 0.915. The van der Waals surface area contributed by atoms with Crippen molar-refractivity contribution >= 4 is 22.1 Å². The van der Waals surface area contributed by atoms with Crippen LogP contribution in [0.1, 0.15) is 24.0 Å². The van der Waals surface area contributed by atoms with Gasteiger partial charge in [0.25, 0.3) is 0 Å². The summed E-state index contributed by atoms with van der Waals surface area (Å²) in [6.45, 7) is 1.09. The fraction of sp³-hybridized carbons (Fsp3) is 0.176. The van der Waals surface area contributed by atoms with Gasteiger partial charge in [-0.1, -0.05) is 60.7 Å². The van der Waals surface area contributed by atoms with Gasteiger partial charge in [-0.15, -0.1) is 30.0 Å². The van der Waals surface area contributed by atoms with Gasteiger partial charge in [-0.3, -0.25) is 0 Å². The number of aryl methyl sites for hydroxylation is 2. The van der Waals surface area contributed by atoms with Crippen LogP contribution in [0.15, 0.2) is 109 Å². The van der Waals surface area contributed by atoms with E-state index in [1.165, 1.54) is 9.59 Å². The molecule has 0 aliphatic carbocycles. The van der Waals surface area contributed by atoms with Crippen molar-refractivity contribution in [3.8, 4) is 22.9 Å². The Morgan fingerprint density at radius 2 is 0.930 bits per heavy atom. The van der Waals surface area contributed by atoms with Crippen molar-refractivity contribution in [1.29, 1.82) is 0 Å². The van der Waals surface area contributed by atoms with Crippen molar-refractivity contribution in [3.05, 3.63) is 120 Å².